The first-order valence-corrected chi connectivity index (χ1v) is 11.2. The number of fused-ring (bicyclic) bond motifs is 3. The lowest BCUT2D eigenvalue weighted by Crippen LogP contribution is -2.16. The number of amides is 1. The molecule has 1 amide bonds. The molecule has 1 fully saturated rings. The van der Waals surface area contributed by atoms with Crippen LogP contribution < -0.4 is 10.2 Å². The molecule has 8 nitrogen and oxygen atoms in total. The van der Waals surface area contributed by atoms with Crippen LogP contribution in [0.15, 0.2) is 35.7 Å². The first-order chi connectivity index (χ1) is 14.2. The lowest BCUT2D eigenvalue weighted by atomic mass is 10.2. The second-order valence-corrected chi connectivity index (χ2v) is 8.89. The third-order valence-corrected chi connectivity index (χ3v) is 6.85. The Morgan fingerprint density at radius 3 is 2.79 bits per heavy atom. The fourth-order valence-corrected chi connectivity index (χ4v) is 5.04. The van der Waals surface area contributed by atoms with Crippen molar-refractivity contribution in [3.8, 4) is 0 Å². The van der Waals surface area contributed by atoms with Crippen molar-refractivity contribution in [3.63, 3.8) is 0 Å². The van der Waals surface area contributed by atoms with Gasteiger partial charge in [-0.05, 0) is 31.9 Å². The van der Waals surface area contributed by atoms with Gasteiger partial charge in [-0.25, -0.2) is 4.98 Å². The van der Waals surface area contributed by atoms with E-state index in [1.54, 1.807) is 17.7 Å². The van der Waals surface area contributed by atoms with Gasteiger partial charge in [0, 0.05) is 18.8 Å². The summed E-state index contributed by atoms with van der Waals surface area (Å²) >= 11 is 2.94. The highest BCUT2D eigenvalue weighted by atomic mass is 32.2. The Kier molecular flexibility index (Phi) is 4.80. The van der Waals surface area contributed by atoms with E-state index in [1.165, 1.54) is 24.6 Å². The number of carbonyl (C=O) groups excluding carboxylic acids is 1. The summed E-state index contributed by atoms with van der Waals surface area (Å²) < 4.78 is 2.76. The van der Waals surface area contributed by atoms with E-state index in [9.17, 15) is 4.79 Å². The number of thiazole rings is 1. The van der Waals surface area contributed by atoms with E-state index in [0.29, 0.717) is 10.8 Å². The SMILES string of the molecule is Cc1ccc(NC(=O)CSc2nnc3c4sc(N5CCCC5)nc4ncn23)cc1. The summed E-state index contributed by atoms with van der Waals surface area (Å²) in [4.78, 5) is 23.7. The van der Waals surface area contributed by atoms with Gasteiger partial charge in [0.05, 0.1) is 5.75 Å². The second kappa shape index (κ2) is 7.60. The van der Waals surface area contributed by atoms with E-state index < -0.39 is 0 Å². The number of nitrogens with zero attached hydrogens (tertiary/aromatic N) is 6. The minimum absolute atomic E-state index is 0.0845. The van der Waals surface area contributed by atoms with Crippen molar-refractivity contribution in [1.29, 1.82) is 0 Å². The predicted molar refractivity (Wildman–Crippen MR) is 116 cm³/mol. The van der Waals surface area contributed by atoms with Crippen molar-refractivity contribution in [3.05, 3.63) is 36.2 Å². The van der Waals surface area contributed by atoms with Gasteiger partial charge in [0.25, 0.3) is 0 Å². The number of benzene rings is 1. The third-order valence-electron chi connectivity index (χ3n) is 4.81. The number of aromatic nitrogens is 5. The van der Waals surface area contributed by atoms with Crippen LogP contribution in [0.5, 0.6) is 0 Å². The van der Waals surface area contributed by atoms with Crippen LogP contribution in [0.3, 0.4) is 0 Å². The van der Waals surface area contributed by atoms with Crippen molar-refractivity contribution in [1.82, 2.24) is 24.6 Å². The van der Waals surface area contributed by atoms with E-state index in [1.807, 2.05) is 35.6 Å². The van der Waals surface area contributed by atoms with Gasteiger partial charge < -0.3 is 10.2 Å². The van der Waals surface area contributed by atoms with E-state index in [2.05, 4.69) is 30.4 Å². The molecular weight excluding hydrogens is 406 g/mol. The topological polar surface area (TPSA) is 88.3 Å². The average Bonchev–Trinajstić information content (AvgIpc) is 3.46. The standard InChI is InChI=1S/C19H19N7OS2/c1-12-4-6-13(7-5-12)21-14(27)10-28-19-24-23-17-15-16(20-11-26(17)19)22-18(29-15)25-8-2-3-9-25/h4-7,11H,2-3,8-10H2,1H3,(H,21,27). The van der Waals surface area contributed by atoms with Gasteiger partial charge in [-0.3, -0.25) is 9.20 Å². The van der Waals surface area contributed by atoms with E-state index in [0.717, 1.165) is 39.8 Å². The lowest BCUT2D eigenvalue weighted by molar-refractivity contribution is -0.113. The van der Waals surface area contributed by atoms with Gasteiger partial charge >= 0.3 is 0 Å². The molecule has 0 saturated carbocycles. The van der Waals surface area contributed by atoms with Gasteiger partial charge in [-0.15, -0.1) is 10.2 Å². The molecule has 148 valence electrons. The van der Waals surface area contributed by atoms with Crippen LogP contribution in [0.25, 0.3) is 16.0 Å². The van der Waals surface area contributed by atoms with Crippen molar-refractivity contribution in [2.24, 2.45) is 0 Å². The van der Waals surface area contributed by atoms with E-state index in [-0.39, 0.29) is 11.7 Å². The molecule has 0 unspecified atom stereocenters. The predicted octanol–water partition coefficient (Wildman–Crippen LogP) is 3.37. The molecule has 0 aliphatic carbocycles. The van der Waals surface area contributed by atoms with Gasteiger partial charge in [0.1, 0.15) is 11.0 Å². The molecule has 0 spiro atoms. The zero-order valence-electron chi connectivity index (χ0n) is 15.8. The Morgan fingerprint density at radius 2 is 2.00 bits per heavy atom. The first kappa shape index (κ1) is 18.3. The van der Waals surface area contributed by atoms with Crippen LogP contribution >= 0.6 is 23.1 Å². The Hall–Kier alpha value is -2.72. The average molecular weight is 426 g/mol. The van der Waals surface area contributed by atoms with E-state index in [4.69, 9.17) is 0 Å². The maximum Gasteiger partial charge on any atom is 0.234 e. The number of hydrogen-bond acceptors (Lipinski definition) is 8. The summed E-state index contributed by atoms with van der Waals surface area (Å²) in [7, 11) is 0. The minimum atomic E-state index is -0.0845. The summed E-state index contributed by atoms with van der Waals surface area (Å²) in [5, 5.41) is 13.1. The van der Waals surface area contributed by atoms with Crippen LogP contribution in [0.1, 0.15) is 18.4 Å². The fraction of sp³-hybridized carbons (Fsp3) is 0.316. The number of nitrogens with one attached hydrogen (secondary N) is 1. The second-order valence-electron chi connectivity index (χ2n) is 6.97. The molecular formula is C19H19N7OS2. The maximum absolute atomic E-state index is 12.3. The van der Waals surface area contributed by atoms with Gasteiger partial charge in [-0.1, -0.05) is 40.8 Å². The molecule has 0 atom stereocenters. The van der Waals surface area contributed by atoms with Crippen molar-refractivity contribution in [2.45, 2.75) is 24.9 Å². The number of hydrogen-bond donors (Lipinski definition) is 1. The number of anilines is 2. The van der Waals surface area contributed by atoms with Crippen LogP contribution in [-0.2, 0) is 4.79 Å². The van der Waals surface area contributed by atoms with Crippen LogP contribution in [-0.4, -0.2) is 49.3 Å². The quantitative estimate of drug-likeness (QED) is 0.490. The zero-order valence-corrected chi connectivity index (χ0v) is 17.5. The Balaban J connectivity index is 1.33. The van der Waals surface area contributed by atoms with Gasteiger partial charge in [0.2, 0.25) is 5.91 Å². The van der Waals surface area contributed by atoms with E-state index >= 15 is 0 Å². The number of aryl methyl sites for hydroxylation is 1. The number of rotatable bonds is 5. The van der Waals surface area contributed by atoms with Crippen LogP contribution in [0, 0.1) is 6.92 Å². The summed E-state index contributed by atoms with van der Waals surface area (Å²) in [5.74, 6) is 0.160. The molecule has 1 aromatic carbocycles. The summed E-state index contributed by atoms with van der Waals surface area (Å²) in [6, 6.07) is 7.73. The monoisotopic (exact) mass is 425 g/mol. The molecule has 0 bridgehead atoms. The highest BCUT2D eigenvalue weighted by molar-refractivity contribution is 7.99. The maximum atomic E-state index is 12.3. The zero-order chi connectivity index (χ0) is 19.8. The lowest BCUT2D eigenvalue weighted by Gasteiger charge is -2.11. The molecule has 1 aliphatic rings. The molecule has 29 heavy (non-hydrogen) atoms. The molecule has 1 N–H and O–H groups in total. The number of carbonyl (C=O) groups is 1. The van der Waals surface area contributed by atoms with Gasteiger partial charge in [0.15, 0.2) is 21.6 Å². The Labute approximate surface area is 175 Å². The van der Waals surface area contributed by atoms with Gasteiger partial charge in [-0.2, -0.15) is 4.98 Å². The highest BCUT2D eigenvalue weighted by Gasteiger charge is 2.20. The summed E-state index contributed by atoms with van der Waals surface area (Å²) in [5.41, 5.74) is 3.38. The molecule has 5 rings (SSSR count). The molecule has 1 aliphatic heterocycles. The largest absolute Gasteiger partial charge is 0.348 e. The molecule has 4 aromatic rings. The Bertz CT molecular complexity index is 1180. The van der Waals surface area contributed by atoms with Crippen molar-refractivity contribution < 1.29 is 4.79 Å². The molecule has 1 saturated heterocycles. The summed E-state index contributed by atoms with van der Waals surface area (Å²) in [6.45, 7) is 4.10. The third kappa shape index (κ3) is 3.65. The highest BCUT2D eigenvalue weighted by Crippen LogP contribution is 2.32. The first-order valence-electron chi connectivity index (χ1n) is 9.42. The van der Waals surface area contributed by atoms with Crippen LogP contribution in [0.2, 0.25) is 0 Å². The number of thioether (sulfide) groups is 1. The molecule has 3 aromatic heterocycles. The fourth-order valence-electron chi connectivity index (χ4n) is 3.29. The molecule has 10 heteroatoms. The van der Waals surface area contributed by atoms with Crippen molar-refractivity contribution >= 4 is 55.8 Å². The molecule has 4 heterocycles. The smallest absolute Gasteiger partial charge is 0.234 e. The van der Waals surface area contributed by atoms with Crippen LogP contribution in [0.4, 0.5) is 10.8 Å². The summed E-state index contributed by atoms with van der Waals surface area (Å²) in [6.07, 6.45) is 4.09. The Morgan fingerprint density at radius 1 is 1.21 bits per heavy atom. The van der Waals surface area contributed by atoms with Crippen molar-refractivity contribution in [2.75, 3.05) is 29.1 Å². The normalized spacial score (nSPS) is 14.2. The molecule has 0 radical (unpaired) electrons. The minimum Gasteiger partial charge on any atom is -0.348 e.